The van der Waals surface area contributed by atoms with Crippen molar-refractivity contribution < 1.29 is 23.9 Å². The number of aromatic nitrogens is 1. The number of rotatable bonds is 7. The van der Waals surface area contributed by atoms with Gasteiger partial charge in [-0.3, -0.25) is 14.9 Å². The summed E-state index contributed by atoms with van der Waals surface area (Å²) in [5.41, 5.74) is 0.604. The molecule has 26 heavy (non-hydrogen) atoms. The zero-order valence-electron chi connectivity index (χ0n) is 15.0. The molecule has 0 spiro atoms. The van der Waals surface area contributed by atoms with Crippen molar-refractivity contribution in [3.8, 4) is 5.75 Å². The molecule has 7 heteroatoms. The quantitative estimate of drug-likeness (QED) is 0.767. The van der Waals surface area contributed by atoms with E-state index in [9.17, 15) is 14.4 Å². The topological polar surface area (TPSA) is 86.6 Å². The van der Waals surface area contributed by atoms with Crippen molar-refractivity contribution in [1.29, 1.82) is 0 Å². The first-order chi connectivity index (χ1) is 12.4. The first kappa shape index (κ1) is 19.2. The van der Waals surface area contributed by atoms with Gasteiger partial charge in [0.2, 0.25) is 0 Å². The maximum atomic E-state index is 12.1. The number of carbonyl (C=O) groups is 3. The van der Waals surface area contributed by atoms with Gasteiger partial charge in [-0.25, -0.2) is 4.79 Å². The van der Waals surface area contributed by atoms with Gasteiger partial charge < -0.3 is 14.0 Å². The number of hydrogen-bond donors (Lipinski definition) is 1. The lowest BCUT2D eigenvalue weighted by atomic mass is 10.2. The maximum absolute atomic E-state index is 12.1. The average molecular weight is 358 g/mol. The minimum absolute atomic E-state index is 0.271. The zero-order valence-corrected chi connectivity index (χ0v) is 15.0. The monoisotopic (exact) mass is 358 g/mol. The number of nitrogens with one attached hydrogen (secondary N) is 1. The van der Waals surface area contributed by atoms with Crippen LogP contribution >= 0.6 is 0 Å². The summed E-state index contributed by atoms with van der Waals surface area (Å²) >= 11 is 0. The first-order valence-corrected chi connectivity index (χ1v) is 8.22. The van der Waals surface area contributed by atoms with Crippen LogP contribution in [-0.2, 0) is 16.6 Å². The van der Waals surface area contributed by atoms with E-state index < -0.39 is 24.4 Å². The third kappa shape index (κ3) is 5.47. The van der Waals surface area contributed by atoms with E-state index in [0.717, 1.165) is 0 Å². The Bertz CT molecular complexity index is 795. The summed E-state index contributed by atoms with van der Waals surface area (Å²) in [4.78, 5) is 35.8. The number of hydrogen-bond acceptors (Lipinski definition) is 5. The van der Waals surface area contributed by atoms with Crippen LogP contribution < -0.4 is 10.1 Å². The van der Waals surface area contributed by atoms with Crippen molar-refractivity contribution in [3.05, 3.63) is 53.9 Å². The fraction of sp³-hybridized carbons (Fsp3) is 0.316. The Morgan fingerprint density at radius 1 is 1.15 bits per heavy atom. The molecule has 0 saturated carbocycles. The first-order valence-electron chi connectivity index (χ1n) is 8.22. The molecule has 1 heterocycles. The van der Waals surface area contributed by atoms with Crippen LogP contribution in [0.25, 0.3) is 0 Å². The molecule has 2 aromatic rings. The second kappa shape index (κ2) is 8.84. The summed E-state index contributed by atoms with van der Waals surface area (Å²) < 4.78 is 12.1. The lowest BCUT2D eigenvalue weighted by molar-refractivity contribution is -0.123. The molecule has 2 amide bonds. The van der Waals surface area contributed by atoms with Crippen molar-refractivity contribution in [2.75, 3.05) is 13.2 Å². The number of amides is 2. The fourth-order valence-corrected chi connectivity index (χ4v) is 2.11. The van der Waals surface area contributed by atoms with Crippen LogP contribution in [0.15, 0.2) is 42.6 Å². The molecule has 0 aliphatic rings. The predicted octanol–water partition coefficient (Wildman–Crippen LogP) is 2.17. The number of carbonyl (C=O) groups excluding carboxylic acids is 3. The predicted molar refractivity (Wildman–Crippen MR) is 94.9 cm³/mol. The van der Waals surface area contributed by atoms with E-state index in [1.165, 1.54) is 0 Å². The molecule has 7 nitrogen and oxygen atoms in total. The molecule has 0 aliphatic carbocycles. The SMILES string of the molecule is CC(C)COc1cccc(C(=O)OCC(=O)NC(=O)c2cccn2C)c1. The lowest BCUT2D eigenvalue weighted by Crippen LogP contribution is -2.35. The fourth-order valence-electron chi connectivity index (χ4n) is 2.11. The Labute approximate surface area is 151 Å². The van der Waals surface area contributed by atoms with Gasteiger partial charge in [0.05, 0.1) is 12.2 Å². The number of benzene rings is 1. The van der Waals surface area contributed by atoms with Gasteiger partial charge in [0.15, 0.2) is 6.61 Å². The minimum Gasteiger partial charge on any atom is -0.493 e. The lowest BCUT2D eigenvalue weighted by Gasteiger charge is -2.10. The van der Waals surface area contributed by atoms with Crippen LogP contribution in [0.1, 0.15) is 34.7 Å². The summed E-state index contributed by atoms with van der Waals surface area (Å²) in [6, 6.07) is 9.80. The molecule has 0 unspecified atom stereocenters. The van der Waals surface area contributed by atoms with Crippen molar-refractivity contribution in [2.24, 2.45) is 13.0 Å². The molecule has 0 radical (unpaired) electrons. The van der Waals surface area contributed by atoms with Crippen LogP contribution in [0.5, 0.6) is 5.75 Å². The third-order valence-electron chi connectivity index (χ3n) is 3.42. The molecule has 0 atom stereocenters. The normalized spacial score (nSPS) is 10.5. The Morgan fingerprint density at radius 3 is 2.58 bits per heavy atom. The van der Waals surface area contributed by atoms with E-state index in [2.05, 4.69) is 5.32 Å². The number of nitrogens with zero attached hydrogens (tertiary/aromatic N) is 1. The highest BCUT2D eigenvalue weighted by atomic mass is 16.5. The standard InChI is InChI=1S/C19H22N2O5/c1-13(2)11-25-15-7-4-6-14(10-15)19(24)26-12-17(22)20-18(23)16-8-5-9-21(16)3/h4-10,13H,11-12H2,1-3H3,(H,20,22,23). The van der Waals surface area contributed by atoms with Crippen molar-refractivity contribution in [1.82, 2.24) is 9.88 Å². The molecule has 1 aromatic heterocycles. The third-order valence-corrected chi connectivity index (χ3v) is 3.42. The van der Waals surface area contributed by atoms with Gasteiger partial charge in [-0.2, -0.15) is 0 Å². The number of ether oxygens (including phenoxy) is 2. The van der Waals surface area contributed by atoms with Gasteiger partial charge in [0, 0.05) is 13.2 Å². The second-order valence-corrected chi connectivity index (χ2v) is 6.19. The van der Waals surface area contributed by atoms with Gasteiger partial charge in [-0.1, -0.05) is 19.9 Å². The highest BCUT2D eigenvalue weighted by Crippen LogP contribution is 2.15. The van der Waals surface area contributed by atoms with Crippen molar-refractivity contribution in [2.45, 2.75) is 13.8 Å². The molecule has 138 valence electrons. The van der Waals surface area contributed by atoms with Crippen LogP contribution in [-0.4, -0.2) is 35.6 Å². The van der Waals surface area contributed by atoms with E-state index >= 15 is 0 Å². The Balaban J connectivity index is 1.86. The van der Waals surface area contributed by atoms with Crippen LogP contribution in [0.3, 0.4) is 0 Å². The van der Waals surface area contributed by atoms with Crippen molar-refractivity contribution >= 4 is 17.8 Å². The van der Waals surface area contributed by atoms with E-state index in [0.29, 0.717) is 24.0 Å². The molecule has 0 bridgehead atoms. The minimum atomic E-state index is -0.697. The second-order valence-electron chi connectivity index (χ2n) is 6.19. The van der Waals surface area contributed by atoms with E-state index in [1.807, 2.05) is 13.8 Å². The molecule has 0 saturated heterocycles. The van der Waals surface area contributed by atoms with Gasteiger partial charge in [-0.05, 0) is 36.2 Å². The molecule has 2 rings (SSSR count). The highest BCUT2D eigenvalue weighted by molar-refractivity contribution is 6.04. The summed E-state index contributed by atoms with van der Waals surface area (Å²) in [5.74, 6) is -1.01. The maximum Gasteiger partial charge on any atom is 0.338 e. The average Bonchev–Trinajstić information content (AvgIpc) is 3.04. The van der Waals surface area contributed by atoms with E-state index in [4.69, 9.17) is 9.47 Å². The van der Waals surface area contributed by atoms with Gasteiger partial charge >= 0.3 is 5.97 Å². The Morgan fingerprint density at radius 2 is 1.92 bits per heavy atom. The van der Waals surface area contributed by atoms with Crippen LogP contribution in [0.2, 0.25) is 0 Å². The van der Waals surface area contributed by atoms with E-state index in [1.54, 1.807) is 54.2 Å². The molecule has 0 aliphatic heterocycles. The number of aryl methyl sites for hydroxylation is 1. The largest absolute Gasteiger partial charge is 0.493 e. The molecule has 0 fully saturated rings. The smallest absolute Gasteiger partial charge is 0.338 e. The van der Waals surface area contributed by atoms with Crippen molar-refractivity contribution in [3.63, 3.8) is 0 Å². The number of esters is 1. The molecular weight excluding hydrogens is 336 g/mol. The summed E-state index contributed by atoms with van der Waals surface area (Å²) in [6.07, 6.45) is 1.69. The molecule has 1 aromatic carbocycles. The summed E-state index contributed by atoms with van der Waals surface area (Å²) in [6.45, 7) is 4.02. The van der Waals surface area contributed by atoms with Gasteiger partial charge in [0.1, 0.15) is 11.4 Å². The van der Waals surface area contributed by atoms with Gasteiger partial charge in [0.25, 0.3) is 11.8 Å². The number of imide groups is 1. The molecular formula is C19H22N2O5. The zero-order chi connectivity index (χ0) is 19.1. The Hall–Kier alpha value is -3.09. The molecule has 1 N–H and O–H groups in total. The Kier molecular flexibility index (Phi) is 6.54. The van der Waals surface area contributed by atoms with E-state index in [-0.39, 0.29) is 5.56 Å². The summed E-state index contributed by atoms with van der Waals surface area (Å²) in [5, 5.41) is 2.17. The van der Waals surface area contributed by atoms with Crippen LogP contribution in [0.4, 0.5) is 0 Å². The summed E-state index contributed by atoms with van der Waals surface area (Å²) in [7, 11) is 1.69. The highest BCUT2D eigenvalue weighted by Gasteiger charge is 2.15. The van der Waals surface area contributed by atoms with Gasteiger partial charge in [-0.15, -0.1) is 0 Å². The van der Waals surface area contributed by atoms with Crippen LogP contribution in [0, 0.1) is 5.92 Å².